The molecule has 0 fully saturated rings. The molecule has 1 aromatic carbocycles. The molecule has 0 radical (unpaired) electrons. The largest absolute Gasteiger partial charge is 0.385 e. The number of nitrogen functional groups attached to an aromatic ring is 1. The Morgan fingerprint density at radius 1 is 1.30 bits per heavy atom. The van der Waals surface area contributed by atoms with Crippen molar-refractivity contribution in [2.24, 2.45) is 0 Å². The number of aromatic nitrogens is 3. The molecule has 3 aromatic rings. The summed E-state index contributed by atoms with van der Waals surface area (Å²) in [6.07, 6.45) is 1.59. The first-order valence-corrected chi connectivity index (χ1v) is 9.71. The van der Waals surface area contributed by atoms with E-state index < -0.39 is 5.56 Å². The van der Waals surface area contributed by atoms with Crippen LogP contribution in [-0.2, 0) is 4.79 Å². The first kappa shape index (κ1) is 19.1. The molecule has 0 unspecified atom stereocenters. The maximum Gasteiger partial charge on any atom is 0.275 e. The Kier molecular flexibility index (Phi) is 5.92. The number of carbonyl (C=O) groups excluding carboxylic acids is 1. The van der Waals surface area contributed by atoms with Gasteiger partial charge in [0.1, 0.15) is 11.6 Å². The van der Waals surface area contributed by atoms with E-state index >= 15 is 0 Å². The molecule has 0 atom stereocenters. The van der Waals surface area contributed by atoms with Gasteiger partial charge in [-0.2, -0.15) is 4.98 Å². The highest BCUT2D eigenvalue weighted by molar-refractivity contribution is 9.10. The third-order valence-electron chi connectivity index (χ3n) is 3.51. The van der Waals surface area contributed by atoms with Crippen molar-refractivity contribution in [2.45, 2.75) is 12.1 Å². The van der Waals surface area contributed by atoms with Crippen molar-refractivity contribution >= 4 is 45.2 Å². The molecule has 0 bridgehead atoms. The summed E-state index contributed by atoms with van der Waals surface area (Å²) < 4.78 is 2.48. The predicted octanol–water partition coefficient (Wildman–Crippen LogP) is 3.01. The number of anilines is 2. The summed E-state index contributed by atoms with van der Waals surface area (Å²) in [4.78, 5) is 32.1. The molecule has 3 N–H and O–H groups in total. The number of nitrogens with one attached hydrogen (secondary N) is 1. The van der Waals surface area contributed by atoms with Crippen molar-refractivity contribution in [2.75, 3.05) is 16.8 Å². The van der Waals surface area contributed by atoms with Crippen LogP contribution in [0.5, 0.6) is 0 Å². The molecule has 0 aliphatic heterocycles. The summed E-state index contributed by atoms with van der Waals surface area (Å²) in [5, 5.41) is 3.05. The molecule has 2 aromatic heterocycles. The van der Waals surface area contributed by atoms with Crippen molar-refractivity contribution in [3.05, 3.63) is 69.1 Å². The van der Waals surface area contributed by atoms with Crippen LogP contribution in [0.25, 0.3) is 5.69 Å². The second kappa shape index (κ2) is 8.36. The van der Waals surface area contributed by atoms with Crippen LogP contribution in [0.1, 0.15) is 5.56 Å². The molecular formula is C18H16BrN5O2S. The van der Waals surface area contributed by atoms with Gasteiger partial charge >= 0.3 is 0 Å². The van der Waals surface area contributed by atoms with Gasteiger partial charge in [-0.3, -0.25) is 14.2 Å². The molecule has 138 valence electrons. The van der Waals surface area contributed by atoms with E-state index in [1.807, 2.05) is 31.2 Å². The molecule has 1 amide bonds. The number of pyridine rings is 1. The lowest BCUT2D eigenvalue weighted by Crippen LogP contribution is -2.19. The van der Waals surface area contributed by atoms with Crippen LogP contribution in [0.2, 0.25) is 0 Å². The third-order valence-corrected chi connectivity index (χ3v) is 4.92. The summed E-state index contributed by atoms with van der Waals surface area (Å²) in [7, 11) is 0. The van der Waals surface area contributed by atoms with Crippen LogP contribution in [-0.4, -0.2) is 26.2 Å². The van der Waals surface area contributed by atoms with E-state index in [4.69, 9.17) is 5.73 Å². The lowest BCUT2D eigenvalue weighted by atomic mass is 10.2. The lowest BCUT2D eigenvalue weighted by molar-refractivity contribution is -0.113. The van der Waals surface area contributed by atoms with E-state index in [1.54, 1.807) is 22.9 Å². The highest BCUT2D eigenvalue weighted by atomic mass is 79.9. The second-order valence-electron chi connectivity index (χ2n) is 5.67. The average molecular weight is 446 g/mol. The van der Waals surface area contributed by atoms with Gasteiger partial charge in [-0.15, -0.1) is 0 Å². The number of hydrogen-bond acceptors (Lipinski definition) is 6. The van der Waals surface area contributed by atoms with Crippen LogP contribution < -0.4 is 16.6 Å². The Hall–Kier alpha value is -2.65. The third kappa shape index (κ3) is 4.95. The normalized spacial score (nSPS) is 10.6. The first-order chi connectivity index (χ1) is 12.9. The van der Waals surface area contributed by atoms with E-state index in [0.29, 0.717) is 11.0 Å². The maximum absolute atomic E-state index is 12.2. The molecule has 2 heterocycles. The summed E-state index contributed by atoms with van der Waals surface area (Å²) in [6, 6.07) is 12.4. The zero-order valence-electron chi connectivity index (χ0n) is 14.3. The fourth-order valence-electron chi connectivity index (χ4n) is 2.36. The minimum atomic E-state index is -0.450. The molecule has 0 aliphatic carbocycles. The number of thioether (sulfide) groups is 1. The van der Waals surface area contributed by atoms with Crippen molar-refractivity contribution in [3.63, 3.8) is 0 Å². The molecule has 3 rings (SSSR count). The quantitative estimate of drug-likeness (QED) is 0.462. The van der Waals surface area contributed by atoms with Crippen molar-refractivity contribution < 1.29 is 4.79 Å². The van der Waals surface area contributed by atoms with Crippen LogP contribution >= 0.6 is 27.7 Å². The molecule has 27 heavy (non-hydrogen) atoms. The van der Waals surface area contributed by atoms with Gasteiger partial charge in [0, 0.05) is 22.4 Å². The Balaban J connectivity index is 1.81. The SMILES string of the molecule is Cc1cccc(-n2c(N)cc(=O)nc2SCC(=O)Nc2ccc(Br)cn2)c1. The number of benzene rings is 1. The molecule has 7 nitrogen and oxygen atoms in total. The number of aryl methyl sites for hydroxylation is 1. The molecule has 0 saturated heterocycles. The van der Waals surface area contributed by atoms with Gasteiger partial charge < -0.3 is 11.1 Å². The highest BCUT2D eigenvalue weighted by Crippen LogP contribution is 2.23. The molecule has 9 heteroatoms. The Morgan fingerprint density at radius 3 is 2.81 bits per heavy atom. The fraction of sp³-hybridized carbons (Fsp3) is 0.111. The van der Waals surface area contributed by atoms with Crippen LogP contribution in [0, 0.1) is 6.92 Å². The standard InChI is InChI=1S/C18H16BrN5O2S/c1-11-3-2-4-13(7-11)24-14(20)8-16(25)23-18(24)27-10-17(26)22-15-6-5-12(19)9-21-15/h2-9H,10,20H2,1H3,(H,21,22,26). The van der Waals surface area contributed by atoms with E-state index in [2.05, 4.69) is 31.2 Å². The molecular weight excluding hydrogens is 430 g/mol. The fourth-order valence-corrected chi connectivity index (χ4v) is 3.42. The maximum atomic E-state index is 12.2. The number of hydrogen-bond donors (Lipinski definition) is 2. The topological polar surface area (TPSA) is 103 Å². The number of amides is 1. The monoisotopic (exact) mass is 445 g/mol. The van der Waals surface area contributed by atoms with Crippen LogP contribution in [0.4, 0.5) is 11.6 Å². The summed E-state index contributed by atoms with van der Waals surface area (Å²) in [5.41, 5.74) is 7.41. The highest BCUT2D eigenvalue weighted by Gasteiger charge is 2.13. The van der Waals surface area contributed by atoms with Gasteiger partial charge in [0.2, 0.25) is 5.91 Å². The van der Waals surface area contributed by atoms with Crippen molar-refractivity contribution in [1.29, 1.82) is 0 Å². The second-order valence-corrected chi connectivity index (χ2v) is 7.53. The lowest BCUT2D eigenvalue weighted by Gasteiger charge is -2.15. The number of nitrogens with zero attached hydrogens (tertiary/aromatic N) is 3. The number of halogens is 1. The van der Waals surface area contributed by atoms with Gasteiger partial charge in [0.15, 0.2) is 5.16 Å². The summed E-state index contributed by atoms with van der Waals surface area (Å²) >= 11 is 4.42. The average Bonchev–Trinajstić information content (AvgIpc) is 2.61. The number of nitrogens with two attached hydrogens (primary N) is 1. The van der Waals surface area contributed by atoms with E-state index in [0.717, 1.165) is 27.5 Å². The first-order valence-electron chi connectivity index (χ1n) is 7.93. The van der Waals surface area contributed by atoms with Gasteiger partial charge in [-0.1, -0.05) is 23.9 Å². The van der Waals surface area contributed by atoms with Gasteiger partial charge in [-0.25, -0.2) is 4.98 Å². The summed E-state index contributed by atoms with van der Waals surface area (Å²) in [5.74, 6) is 0.500. The zero-order chi connectivity index (χ0) is 19.4. The van der Waals surface area contributed by atoms with Crippen LogP contribution in [0.15, 0.2) is 63.1 Å². The predicted molar refractivity (Wildman–Crippen MR) is 110 cm³/mol. The van der Waals surface area contributed by atoms with Gasteiger partial charge in [-0.05, 0) is 52.7 Å². The minimum absolute atomic E-state index is 0.0550. The minimum Gasteiger partial charge on any atom is -0.385 e. The van der Waals surface area contributed by atoms with E-state index in [1.165, 1.54) is 6.07 Å². The van der Waals surface area contributed by atoms with Gasteiger partial charge in [0.05, 0.1) is 5.75 Å². The number of carbonyl (C=O) groups is 1. The Bertz CT molecular complexity index is 1040. The smallest absolute Gasteiger partial charge is 0.275 e. The van der Waals surface area contributed by atoms with Crippen LogP contribution in [0.3, 0.4) is 0 Å². The molecule has 0 aliphatic rings. The Labute approximate surface area is 168 Å². The molecule has 0 saturated carbocycles. The Morgan fingerprint density at radius 2 is 2.11 bits per heavy atom. The van der Waals surface area contributed by atoms with Crippen molar-refractivity contribution in [1.82, 2.24) is 14.5 Å². The van der Waals surface area contributed by atoms with E-state index in [9.17, 15) is 9.59 Å². The van der Waals surface area contributed by atoms with Gasteiger partial charge in [0.25, 0.3) is 5.56 Å². The summed E-state index contributed by atoms with van der Waals surface area (Å²) in [6.45, 7) is 1.96. The van der Waals surface area contributed by atoms with Crippen molar-refractivity contribution in [3.8, 4) is 5.69 Å². The zero-order valence-corrected chi connectivity index (χ0v) is 16.8. The molecule has 0 spiro atoms. The van der Waals surface area contributed by atoms with E-state index in [-0.39, 0.29) is 17.5 Å². The number of rotatable bonds is 5.